The van der Waals surface area contributed by atoms with Gasteiger partial charge >= 0.3 is 0 Å². The average Bonchev–Trinajstić information content (AvgIpc) is 2.91. The molecule has 0 saturated heterocycles. The summed E-state index contributed by atoms with van der Waals surface area (Å²) in [5.41, 5.74) is 8.83. The Bertz CT molecular complexity index is 706. The van der Waals surface area contributed by atoms with Crippen LogP contribution in [0, 0.1) is 0 Å². The molecule has 3 N–H and O–H groups in total. The molecule has 0 saturated carbocycles. The number of nitrogens with one attached hydrogen (secondary N) is 1. The quantitative estimate of drug-likeness (QED) is 0.756. The Morgan fingerprint density at radius 2 is 1.85 bits per heavy atom. The van der Waals surface area contributed by atoms with Crippen LogP contribution in [-0.4, -0.2) is 6.54 Å². The van der Waals surface area contributed by atoms with Gasteiger partial charge in [-0.1, -0.05) is 29.8 Å². The van der Waals surface area contributed by atoms with Crippen molar-refractivity contribution in [1.82, 2.24) is 0 Å². The highest BCUT2D eigenvalue weighted by molar-refractivity contribution is 6.30. The zero-order valence-electron chi connectivity index (χ0n) is 10.8. The number of furan rings is 1. The van der Waals surface area contributed by atoms with Crippen molar-refractivity contribution in [3.8, 4) is 0 Å². The Morgan fingerprint density at radius 3 is 2.60 bits per heavy atom. The SMILES string of the molecule is NCC(Nc1ccc(Cl)cc1)c1coc2ccccc12. The highest BCUT2D eigenvalue weighted by atomic mass is 35.5. The maximum Gasteiger partial charge on any atom is 0.134 e. The highest BCUT2D eigenvalue weighted by Crippen LogP contribution is 2.28. The molecule has 3 aromatic rings. The first kappa shape index (κ1) is 13.0. The number of hydrogen-bond acceptors (Lipinski definition) is 3. The molecule has 4 heteroatoms. The third-order valence-corrected chi connectivity index (χ3v) is 3.56. The number of fused-ring (bicyclic) bond motifs is 1. The minimum Gasteiger partial charge on any atom is -0.464 e. The zero-order chi connectivity index (χ0) is 13.9. The Labute approximate surface area is 122 Å². The van der Waals surface area contributed by atoms with Gasteiger partial charge in [0.2, 0.25) is 0 Å². The van der Waals surface area contributed by atoms with Crippen molar-refractivity contribution in [2.45, 2.75) is 6.04 Å². The summed E-state index contributed by atoms with van der Waals surface area (Å²) < 4.78 is 5.57. The Balaban J connectivity index is 1.91. The monoisotopic (exact) mass is 286 g/mol. The molecule has 1 heterocycles. The normalized spacial score (nSPS) is 12.5. The lowest BCUT2D eigenvalue weighted by molar-refractivity contribution is 0.605. The van der Waals surface area contributed by atoms with Crippen LogP contribution in [-0.2, 0) is 0 Å². The largest absolute Gasteiger partial charge is 0.464 e. The topological polar surface area (TPSA) is 51.2 Å². The minimum absolute atomic E-state index is 0.000162. The molecule has 1 aromatic heterocycles. The van der Waals surface area contributed by atoms with Crippen molar-refractivity contribution in [3.05, 3.63) is 65.4 Å². The van der Waals surface area contributed by atoms with E-state index in [1.54, 1.807) is 6.26 Å². The summed E-state index contributed by atoms with van der Waals surface area (Å²) in [6, 6.07) is 15.5. The first-order chi connectivity index (χ1) is 9.78. The summed E-state index contributed by atoms with van der Waals surface area (Å²) in [4.78, 5) is 0. The van der Waals surface area contributed by atoms with Crippen LogP contribution in [0.3, 0.4) is 0 Å². The summed E-state index contributed by atoms with van der Waals surface area (Å²) in [6.07, 6.45) is 1.77. The number of halogens is 1. The van der Waals surface area contributed by atoms with Crippen molar-refractivity contribution in [2.24, 2.45) is 5.73 Å². The van der Waals surface area contributed by atoms with E-state index >= 15 is 0 Å². The van der Waals surface area contributed by atoms with Crippen LogP contribution in [0.1, 0.15) is 11.6 Å². The van der Waals surface area contributed by atoms with E-state index in [2.05, 4.69) is 5.32 Å². The highest BCUT2D eigenvalue weighted by Gasteiger charge is 2.15. The van der Waals surface area contributed by atoms with Gasteiger partial charge in [0.1, 0.15) is 5.58 Å². The summed E-state index contributed by atoms with van der Waals surface area (Å²) in [5.74, 6) is 0. The van der Waals surface area contributed by atoms with Crippen molar-refractivity contribution >= 4 is 28.3 Å². The van der Waals surface area contributed by atoms with Crippen LogP contribution in [0.2, 0.25) is 5.02 Å². The molecule has 2 aromatic carbocycles. The molecule has 102 valence electrons. The third-order valence-electron chi connectivity index (χ3n) is 3.31. The van der Waals surface area contributed by atoms with Crippen molar-refractivity contribution in [2.75, 3.05) is 11.9 Å². The number of rotatable bonds is 4. The first-order valence-corrected chi connectivity index (χ1v) is 6.84. The Kier molecular flexibility index (Phi) is 3.63. The van der Waals surface area contributed by atoms with Crippen molar-refractivity contribution in [3.63, 3.8) is 0 Å². The van der Waals surface area contributed by atoms with Gasteiger partial charge in [-0.05, 0) is 30.3 Å². The molecule has 1 atom stereocenters. The van der Waals surface area contributed by atoms with E-state index in [4.69, 9.17) is 21.8 Å². The number of benzene rings is 2. The van der Waals surface area contributed by atoms with Crippen molar-refractivity contribution < 1.29 is 4.42 Å². The molecule has 1 unspecified atom stereocenters. The molecule has 0 aliphatic carbocycles. The van der Waals surface area contributed by atoms with Gasteiger partial charge < -0.3 is 15.5 Å². The van der Waals surface area contributed by atoms with Crippen LogP contribution in [0.15, 0.2) is 59.2 Å². The van der Waals surface area contributed by atoms with Gasteiger partial charge in [0.05, 0.1) is 12.3 Å². The third kappa shape index (κ3) is 2.50. The van der Waals surface area contributed by atoms with E-state index in [-0.39, 0.29) is 6.04 Å². The molecular formula is C16H15ClN2O. The van der Waals surface area contributed by atoms with Gasteiger partial charge in [0, 0.05) is 28.2 Å². The van der Waals surface area contributed by atoms with Crippen molar-refractivity contribution in [1.29, 1.82) is 0 Å². The van der Waals surface area contributed by atoms with E-state index in [0.717, 1.165) is 22.2 Å². The minimum atomic E-state index is -0.000162. The lowest BCUT2D eigenvalue weighted by atomic mass is 10.1. The van der Waals surface area contributed by atoms with Gasteiger partial charge in [-0.25, -0.2) is 0 Å². The molecule has 0 spiro atoms. The van der Waals surface area contributed by atoms with Gasteiger partial charge in [0.25, 0.3) is 0 Å². The number of nitrogens with two attached hydrogens (primary N) is 1. The van der Waals surface area contributed by atoms with E-state index in [9.17, 15) is 0 Å². The molecule has 0 bridgehead atoms. The molecule has 0 amide bonds. The van der Waals surface area contributed by atoms with E-state index in [1.165, 1.54) is 0 Å². The lowest BCUT2D eigenvalue weighted by Gasteiger charge is -2.17. The number of hydrogen-bond donors (Lipinski definition) is 2. The predicted octanol–water partition coefficient (Wildman–Crippen LogP) is 4.20. The lowest BCUT2D eigenvalue weighted by Crippen LogP contribution is -2.20. The smallest absolute Gasteiger partial charge is 0.134 e. The summed E-state index contributed by atoms with van der Waals surface area (Å²) in [7, 11) is 0. The molecule has 0 fully saturated rings. The fourth-order valence-corrected chi connectivity index (χ4v) is 2.41. The molecule has 3 nitrogen and oxygen atoms in total. The van der Waals surface area contributed by atoms with E-state index < -0.39 is 0 Å². The molecule has 0 aliphatic rings. The van der Waals surface area contributed by atoms with Gasteiger partial charge in [-0.2, -0.15) is 0 Å². The Hall–Kier alpha value is -1.97. The van der Waals surface area contributed by atoms with Crippen LogP contribution >= 0.6 is 11.6 Å². The van der Waals surface area contributed by atoms with Gasteiger partial charge in [-0.3, -0.25) is 0 Å². The fourth-order valence-electron chi connectivity index (χ4n) is 2.28. The second-order valence-electron chi connectivity index (χ2n) is 4.63. The van der Waals surface area contributed by atoms with E-state index in [0.29, 0.717) is 11.6 Å². The standard InChI is InChI=1S/C16H15ClN2O/c17-11-5-7-12(8-6-11)19-15(9-18)14-10-20-16-4-2-1-3-13(14)16/h1-8,10,15,19H,9,18H2. The van der Waals surface area contributed by atoms with Gasteiger partial charge in [0.15, 0.2) is 0 Å². The summed E-state index contributed by atoms with van der Waals surface area (Å²) >= 11 is 5.89. The van der Waals surface area contributed by atoms with Gasteiger partial charge in [-0.15, -0.1) is 0 Å². The summed E-state index contributed by atoms with van der Waals surface area (Å²) in [5, 5.41) is 5.21. The number of para-hydroxylation sites is 1. The second-order valence-corrected chi connectivity index (χ2v) is 5.06. The fraction of sp³-hybridized carbons (Fsp3) is 0.125. The number of anilines is 1. The Morgan fingerprint density at radius 1 is 1.10 bits per heavy atom. The molecule has 0 aliphatic heterocycles. The zero-order valence-corrected chi connectivity index (χ0v) is 11.6. The van der Waals surface area contributed by atoms with Crippen LogP contribution in [0.25, 0.3) is 11.0 Å². The maximum absolute atomic E-state index is 5.90. The second kappa shape index (κ2) is 5.57. The predicted molar refractivity (Wildman–Crippen MR) is 83.1 cm³/mol. The van der Waals surface area contributed by atoms with Crippen LogP contribution in [0.5, 0.6) is 0 Å². The van der Waals surface area contributed by atoms with Crippen LogP contribution < -0.4 is 11.1 Å². The molecule has 20 heavy (non-hydrogen) atoms. The molecular weight excluding hydrogens is 272 g/mol. The molecule has 3 rings (SSSR count). The average molecular weight is 287 g/mol. The molecule has 0 radical (unpaired) electrons. The first-order valence-electron chi connectivity index (χ1n) is 6.46. The van der Waals surface area contributed by atoms with E-state index in [1.807, 2.05) is 48.5 Å². The summed E-state index contributed by atoms with van der Waals surface area (Å²) in [6.45, 7) is 0.478. The maximum atomic E-state index is 5.90. The van der Waals surface area contributed by atoms with Crippen LogP contribution in [0.4, 0.5) is 5.69 Å².